The zero-order chi connectivity index (χ0) is 19.7. The molecule has 6 rings (SSSR count). The second kappa shape index (κ2) is 5.61. The molecule has 0 saturated carbocycles. The molecule has 0 radical (unpaired) electrons. The molecule has 0 spiro atoms. The molecule has 0 atom stereocenters. The number of rotatable bonds is 1. The van der Waals surface area contributed by atoms with Crippen LogP contribution in [0, 0.1) is 0 Å². The van der Waals surface area contributed by atoms with E-state index in [1.54, 1.807) is 30.3 Å². The number of benzene rings is 3. The number of hydrogen-bond acceptors (Lipinski definition) is 4. The van der Waals surface area contributed by atoms with E-state index in [2.05, 4.69) is 0 Å². The van der Waals surface area contributed by atoms with Gasteiger partial charge < -0.3 is 15.3 Å². The van der Waals surface area contributed by atoms with Gasteiger partial charge in [0, 0.05) is 29.5 Å². The number of pyridine rings is 1. The van der Waals surface area contributed by atoms with Gasteiger partial charge in [0.1, 0.15) is 17.2 Å². The third-order valence-corrected chi connectivity index (χ3v) is 5.99. The highest BCUT2D eigenvalue weighted by Gasteiger charge is 2.32. The summed E-state index contributed by atoms with van der Waals surface area (Å²) in [6.45, 7) is 0. The van der Waals surface area contributed by atoms with E-state index in [9.17, 15) is 15.3 Å². The SMILES string of the molecule is Oc1ccc2c(c1)Cc1c-2nc2c(c1-c1ccccc1O)Cc1cc(O)ccc1-2. The molecule has 4 aromatic rings. The molecule has 0 amide bonds. The lowest BCUT2D eigenvalue weighted by Gasteiger charge is -2.16. The molecular formula is C25H17NO3. The third-order valence-electron chi connectivity index (χ3n) is 5.99. The molecule has 0 unspecified atom stereocenters. The summed E-state index contributed by atoms with van der Waals surface area (Å²) in [6, 6.07) is 18.2. The molecule has 29 heavy (non-hydrogen) atoms. The average molecular weight is 379 g/mol. The van der Waals surface area contributed by atoms with E-state index in [1.807, 2.05) is 30.3 Å². The van der Waals surface area contributed by atoms with Crippen LogP contribution in [0.1, 0.15) is 22.3 Å². The van der Waals surface area contributed by atoms with Crippen molar-refractivity contribution in [1.82, 2.24) is 4.98 Å². The molecule has 2 aliphatic rings. The highest BCUT2D eigenvalue weighted by atomic mass is 16.3. The summed E-state index contributed by atoms with van der Waals surface area (Å²) in [7, 11) is 0. The first-order valence-electron chi connectivity index (χ1n) is 9.59. The Hall–Kier alpha value is -3.79. The number of phenolic OH excluding ortho intramolecular Hbond substituents is 3. The van der Waals surface area contributed by atoms with Crippen LogP contribution in [0.3, 0.4) is 0 Å². The number of fused-ring (bicyclic) bond motifs is 6. The van der Waals surface area contributed by atoms with Crippen molar-refractivity contribution >= 4 is 0 Å². The van der Waals surface area contributed by atoms with Crippen LogP contribution in [0.15, 0.2) is 60.7 Å². The zero-order valence-electron chi connectivity index (χ0n) is 15.5. The van der Waals surface area contributed by atoms with Crippen molar-refractivity contribution in [3.63, 3.8) is 0 Å². The Morgan fingerprint density at radius 3 is 1.72 bits per heavy atom. The van der Waals surface area contributed by atoms with E-state index in [-0.39, 0.29) is 17.2 Å². The standard InChI is InChI=1S/C25H17NO3/c27-15-5-7-17-13(9-15)11-20-23(19-3-1-2-4-22(19)29)21-12-14-10-16(28)6-8-18(14)25(21)26-24(17)20/h1-10,27-29H,11-12H2. The predicted octanol–water partition coefficient (Wildman–Crippen LogP) is 5.01. The largest absolute Gasteiger partial charge is 0.508 e. The molecule has 2 aliphatic carbocycles. The number of para-hydroxylation sites is 1. The topological polar surface area (TPSA) is 73.6 Å². The van der Waals surface area contributed by atoms with Crippen molar-refractivity contribution in [3.05, 3.63) is 82.9 Å². The Bertz CT molecular complexity index is 1260. The van der Waals surface area contributed by atoms with Gasteiger partial charge in [0.15, 0.2) is 0 Å². The van der Waals surface area contributed by atoms with Crippen molar-refractivity contribution in [3.8, 4) is 50.9 Å². The molecular weight excluding hydrogens is 362 g/mol. The Kier molecular flexibility index (Phi) is 3.13. The Labute approximate surface area is 167 Å². The Morgan fingerprint density at radius 2 is 1.17 bits per heavy atom. The van der Waals surface area contributed by atoms with Crippen LogP contribution < -0.4 is 0 Å². The molecule has 0 fully saturated rings. The molecule has 1 heterocycles. The lowest BCUT2D eigenvalue weighted by atomic mass is 9.91. The summed E-state index contributed by atoms with van der Waals surface area (Å²) in [6.07, 6.45) is 1.31. The van der Waals surface area contributed by atoms with Crippen molar-refractivity contribution in [1.29, 1.82) is 0 Å². The molecule has 0 bridgehead atoms. The van der Waals surface area contributed by atoms with Crippen LogP contribution in [0.5, 0.6) is 17.2 Å². The van der Waals surface area contributed by atoms with Crippen molar-refractivity contribution in [2.45, 2.75) is 12.8 Å². The van der Waals surface area contributed by atoms with Gasteiger partial charge in [-0.25, -0.2) is 4.98 Å². The predicted molar refractivity (Wildman–Crippen MR) is 111 cm³/mol. The molecule has 3 N–H and O–H groups in total. The van der Waals surface area contributed by atoms with Crippen LogP contribution in [0.25, 0.3) is 33.6 Å². The van der Waals surface area contributed by atoms with E-state index >= 15 is 0 Å². The quantitative estimate of drug-likeness (QED) is 0.376. The number of nitrogens with zero attached hydrogens (tertiary/aromatic N) is 1. The highest BCUT2D eigenvalue weighted by molar-refractivity contribution is 5.92. The van der Waals surface area contributed by atoms with Gasteiger partial charge in [0.05, 0.1) is 11.4 Å². The second-order valence-corrected chi connectivity index (χ2v) is 7.69. The molecule has 0 saturated heterocycles. The van der Waals surface area contributed by atoms with Gasteiger partial charge in [0.2, 0.25) is 0 Å². The van der Waals surface area contributed by atoms with Crippen LogP contribution in [0.2, 0.25) is 0 Å². The Balaban J connectivity index is 1.70. The number of phenols is 3. The van der Waals surface area contributed by atoms with Gasteiger partial charge in [-0.3, -0.25) is 0 Å². The van der Waals surface area contributed by atoms with E-state index in [0.717, 1.165) is 55.9 Å². The fourth-order valence-electron chi connectivity index (χ4n) is 4.76. The average Bonchev–Trinajstić information content (AvgIpc) is 3.23. The van der Waals surface area contributed by atoms with Crippen molar-refractivity contribution in [2.75, 3.05) is 0 Å². The summed E-state index contributed by atoms with van der Waals surface area (Å²) in [5, 5.41) is 30.5. The van der Waals surface area contributed by atoms with Gasteiger partial charge in [-0.1, -0.05) is 18.2 Å². The summed E-state index contributed by atoms with van der Waals surface area (Å²) in [5.41, 5.74) is 9.86. The maximum Gasteiger partial charge on any atom is 0.123 e. The van der Waals surface area contributed by atoms with E-state index in [0.29, 0.717) is 12.8 Å². The van der Waals surface area contributed by atoms with Crippen LogP contribution >= 0.6 is 0 Å². The maximum absolute atomic E-state index is 10.6. The monoisotopic (exact) mass is 379 g/mol. The summed E-state index contributed by atoms with van der Waals surface area (Å²) in [5.74, 6) is 0.726. The van der Waals surface area contributed by atoms with Crippen LogP contribution in [-0.4, -0.2) is 20.3 Å². The first-order valence-corrected chi connectivity index (χ1v) is 9.59. The number of aromatic hydroxyl groups is 3. The van der Waals surface area contributed by atoms with E-state index in [1.165, 1.54) is 0 Å². The van der Waals surface area contributed by atoms with Gasteiger partial charge in [-0.15, -0.1) is 0 Å². The van der Waals surface area contributed by atoms with E-state index < -0.39 is 0 Å². The van der Waals surface area contributed by atoms with Crippen molar-refractivity contribution < 1.29 is 15.3 Å². The molecule has 4 heteroatoms. The van der Waals surface area contributed by atoms with Gasteiger partial charge in [0.25, 0.3) is 0 Å². The minimum atomic E-state index is 0.237. The minimum absolute atomic E-state index is 0.237. The fraction of sp³-hybridized carbons (Fsp3) is 0.0800. The second-order valence-electron chi connectivity index (χ2n) is 7.69. The molecule has 3 aromatic carbocycles. The number of hydrogen-bond donors (Lipinski definition) is 3. The first-order chi connectivity index (χ1) is 14.1. The van der Waals surface area contributed by atoms with Crippen LogP contribution in [-0.2, 0) is 12.8 Å². The summed E-state index contributed by atoms with van der Waals surface area (Å²) in [4.78, 5) is 5.05. The normalized spacial score (nSPS) is 13.0. The molecule has 140 valence electrons. The minimum Gasteiger partial charge on any atom is -0.508 e. The van der Waals surface area contributed by atoms with Gasteiger partial charge >= 0.3 is 0 Å². The molecule has 4 nitrogen and oxygen atoms in total. The lowest BCUT2D eigenvalue weighted by Crippen LogP contribution is -1.98. The fourth-order valence-corrected chi connectivity index (χ4v) is 4.76. The van der Waals surface area contributed by atoms with Crippen LogP contribution in [0.4, 0.5) is 0 Å². The summed E-state index contributed by atoms with van der Waals surface area (Å²) >= 11 is 0. The Morgan fingerprint density at radius 1 is 0.621 bits per heavy atom. The van der Waals surface area contributed by atoms with Gasteiger partial charge in [-0.2, -0.15) is 0 Å². The number of aromatic nitrogens is 1. The molecule has 0 aliphatic heterocycles. The van der Waals surface area contributed by atoms with E-state index in [4.69, 9.17) is 4.98 Å². The maximum atomic E-state index is 10.6. The lowest BCUT2D eigenvalue weighted by molar-refractivity contribution is 0.474. The zero-order valence-corrected chi connectivity index (χ0v) is 15.5. The highest BCUT2D eigenvalue weighted by Crippen LogP contribution is 2.50. The first kappa shape index (κ1) is 16.2. The molecule has 1 aromatic heterocycles. The van der Waals surface area contributed by atoms with Crippen molar-refractivity contribution in [2.24, 2.45) is 0 Å². The van der Waals surface area contributed by atoms with Gasteiger partial charge in [-0.05, 0) is 70.3 Å². The summed E-state index contributed by atoms with van der Waals surface area (Å²) < 4.78 is 0. The smallest absolute Gasteiger partial charge is 0.123 e. The third kappa shape index (κ3) is 2.23.